The lowest BCUT2D eigenvalue weighted by atomic mass is 9.71. The van der Waals surface area contributed by atoms with Gasteiger partial charge in [-0.3, -0.25) is 4.79 Å². The van der Waals surface area contributed by atoms with Crippen molar-refractivity contribution in [3.05, 3.63) is 22.4 Å². The van der Waals surface area contributed by atoms with Gasteiger partial charge in [0.25, 0.3) is 0 Å². The van der Waals surface area contributed by atoms with Crippen molar-refractivity contribution in [1.29, 1.82) is 0 Å². The number of nitrogens with zero attached hydrogens (tertiary/aromatic N) is 1. The van der Waals surface area contributed by atoms with Gasteiger partial charge in [0, 0.05) is 24.0 Å². The van der Waals surface area contributed by atoms with Gasteiger partial charge < -0.3 is 10.2 Å². The molecular weight excluding hydrogens is 316 g/mol. The highest BCUT2D eigenvalue weighted by Gasteiger charge is 2.44. The maximum absolute atomic E-state index is 13.3. The predicted octanol–water partition coefficient (Wildman–Crippen LogP) is 3.58. The number of carbonyl (C=O) groups excluding carboxylic acids is 1. The third-order valence-corrected chi connectivity index (χ3v) is 6.30. The number of halogens is 1. The number of likely N-dealkylation sites (N-methyl/N-ethyl adjacent to an activating group) is 1. The lowest BCUT2D eigenvalue weighted by Crippen LogP contribution is -2.54. The molecule has 1 aromatic heterocycles. The van der Waals surface area contributed by atoms with Gasteiger partial charge in [0.05, 0.1) is 5.41 Å². The van der Waals surface area contributed by atoms with E-state index in [1.165, 1.54) is 30.6 Å². The topological polar surface area (TPSA) is 32.3 Å². The molecule has 0 radical (unpaired) electrons. The van der Waals surface area contributed by atoms with E-state index in [0.29, 0.717) is 11.9 Å². The molecule has 5 heteroatoms. The van der Waals surface area contributed by atoms with Crippen molar-refractivity contribution in [1.82, 2.24) is 10.2 Å². The fraction of sp³-hybridized carbons (Fsp3) is 0.706. The monoisotopic (exact) mass is 342 g/mol. The van der Waals surface area contributed by atoms with Crippen LogP contribution in [0.1, 0.15) is 49.8 Å². The van der Waals surface area contributed by atoms with Gasteiger partial charge in [0.1, 0.15) is 0 Å². The summed E-state index contributed by atoms with van der Waals surface area (Å²) in [7, 11) is 2.01. The van der Waals surface area contributed by atoms with Crippen molar-refractivity contribution in [3.8, 4) is 0 Å². The fourth-order valence-electron chi connectivity index (χ4n) is 3.97. The van der Waals surface area contributed by atoms with Crippen molar-refractivity contribution in [2.24, 2.45) is 0 Å². The van der Waals surface area contributed by atoms with E-state index in [1.54, 1.807) is 11.3 Å². The number of likely N-dealkylation sites (tertiary alicyclic amines) is 1. The summed E-state index contributed by atoms with van der Waals surface area (Å²) in [4.78, 5) is 16.8. The number of carbonyl (C=O) groups is 1. The number of nitrogens with one attached hydrogen (secondary N) is 1. The van der Waals surface area contributed by atoms with Crippen molar-refractivity contribution in [2.45, 2.75) is 56.4 Å². The first kappa shape index (κ1) is 17.8. The van der Waals surface area contributed by atoms with E-state index < -0.39 is 0 Å². The van der Waals surface area contributed by atoms with E-state index in [1.807, 2.05) is 7.05 Å². The number of thiophene rings is 1. The molecule has 1 aromatic rings. The summed E-state index contributed by atoms with van der Waals surface area (Å²) < 4.78 is 0. The number of hydrogen-bond donors (Lipinski definition) is 1. The summed E-state index contributed by atoms with van der Waals surface area (Å²) >= 11 is 1.76. The summed E-state index contributed by atoms with van der Waals surface area (Å²) in [6, 6.07) is 4.73. The van der Waals surface area contributed by atoms with Crippen molar-refractivity contribution >= 4 is 29.7 Å². The molecule has 1 unspecified atom stereocenters. The maximum atomic E-state index is 13.3. The Morgan fingerprint density at radius 1 is 1.32 bits per heavy atom. The Morgan fingerprint density at radius 2 is 2.09 bits per heavy atom. The lowest BCUT2D eigenvalue weighted by Gasteiger charge is -2.42. The van der Waals surface area contributed by atoms with Crippen LogP contribution in [0.2, 0.25) is 0 Å². The van der Waals surface area contributed by atoms with E-state index in [0.717, 1.165) is 32.4 Å². The van der Waals surface area contributed by atoms with Crippen molar-refractivity contribution < 1.29 is 4.79 Å². The summed E-state index contributed by atoms with van der Waals surface area (Å²) in [5.41, 5.74) is -0.220. The Kier molecular flexibility index (Phi) is 6.30. The van der Waals surface area contributed by atoms with E-state index in [4.69, 9.17) is 0 Å². The van der Waals surface area contributed by atoms with Crippen molar-refractivity contribution in [2.75, 3.05) is 20.1 Å². The van der Waals surface area contributed by atoms with E-state index >= 15 is 0 Å². The second kappa shape index (κ2) is 7.80. The molecule has 124 valence electrons. The molecule has 1 saturated heterocycles. The Labute approximate surface area is 143 Å². The molecule has 1 atom stereocenters. The molecule has 1 aliphatic carbocycles. The predicted molar refractivity (Wildman–Crippen MR) is 95.0 cm³/mol. The number of hydrogen-bond acceptors (Lipinski definition) is 3. The maximum Gasteiger partial charge on any atom is 0.234 e. The van der Waals surface area contributed by atoms with Crippen LogP contribution in [0, 0.1) is 0 Å². The van der Waals surface area contributed by atoms with Gasteiger partial charge in [-0.1, -0.05) is 25.3 Å². The van der Waals surface area contributed by atoms with Crippen LogP contribution in [0.5, 0.6) is 0 Å². The van der Waals surface area contributed by atoms with Crippen molar-refractivity contribution in [3.63, 3.8) is 0 Å². The third-order valence-electron chi connectivity index (χ3n) is 5.23. The molecule has 22 heavy (non-hydrogen) atoms. The van der Waals surface area contributed by atoms with E-state index in [9.17, 15) is 4.79 Å². The largest absolute Gasteiger partial charge is 0.340 e. The second-order valence-corrected chi connectivity index (χ2v) is 7.45. The zero-order valence-electron chi connectivity index (χ0n) is 13.3. The highest BCUT2D eigenvalue weighted by Crippen LogP contribution is 2.43. The van der Waals surface area contributed by atoms with Crippen LogP contribution in [-0.4, -0.2) is 37.0 Å². The molecule has 0 spiro atoms. The fourth-order valence-corrected chi connectivity index (χ4v) is 4.95. The molecular formula is C17H27ClN2OS. The number of piperidine rings is 1. The normalized spacial score (nSPS) is 24.6. The Hall–Kier alpha value is -0.580. The first-order valence-electron chi connectivity index (χ1n) is 8.27. The summed E-state index contributed by atoms with van der Waals surface area (Å²) in [6.45, 7) is 1.81. The summed E-state index contributed by atoms with van der Waals surface area (Å²) in [6.07, 6.45) is 8.03. The van der Waals surface area contributed by atoms with Crippen LogP contribution in [0.15, 0.2) is 17.5 Å². The smallest absolute Gasteiger partial charge is 0.234 e. The summed E-state index contributed by atoms with van der Waals surface area (Å²) in [5, 5.41) is 5.46. The van der Waals surface area contributed by atoms with Gasteiger partial charge in [-0.2, -0.15) is 0 Å². The van der Waals surface area contributed by atoms with Gasteiger partial charge >= 0.3 is 0 Å². The average molecular weight is 343 g/mol. The molecule has 1 aliphatic heterocycles. The molecule has 1 N–H and O–H groups in total. The molecule has 1 amide bonds. The van der Waals surface area contributed by atoms with Crippen LogP contribution >= 0.6 is 23.7 Å². The first-order valence-corrected chi connectivity index (χ1v) is 9.15. The lowest BCUT2D eigenvalue weighted by molar-refractivity contribution is -0.140. The van der Waals surface area contributed by atoms with Crippen LogP contribution in [-0.2, 0) is 10.2 Å². The minimum absolute atomic E-state index is 0. The molecule has 3 rings (SSSR count). The standard InChI is InChI=1S/C17H26N2OS.ClH/c1-18-14-7-5-11-19(13-14)16(20)17(9-3-2-4-10-17)15-8-6-12-21-15;/h6,8,12,14,18H,2-5,7,9-11,13H2,1H3;1H. The minimum Gasteiger partial charge on any atom is -0.340 e. The SMILES string of the molecule is CNC1CCCN(C(=O)C2(c3cccs3)CCCCC2)C1.Cl. The van der Waals surface area contributed by atoms with Gasteiger partial charge in [-0.05, 0) is 44.2 Å². The quantitative estimate of drug-likeness (QED) is 0.910. The van der Waals surface area contributed by atoms with E-state index in [2.05, 4.69) is 27.7 Å². The summed E-state index contributed by atoms with van der Waals surface area (Å²) in [5.74, 6) is 0.393. The highest BCUT2D eigenvalue weighted by atomic mass is 35.5. The Balaban J connectivity index is 0.00000176. The molecule has 1 saturated carbocycles. The molecule has 2 fully saturated rings. The average Bonchev–Trinajstić information content (AvgIpc) is 3.10. The first-order chi connectivity index (χ1) is 10.3. The number of amides is 1. The van der Waals surface area contributed by atoms with Gasteiger partial charge in [-0.15, -0.1) is 23.7 Å². The molecule has 0 aromatic carbocycles. The molecule has 3 nitrogen and oxygen atoms in total. The van der Waals surface area contributed by atoms with Crippen LogP contribution in [0.3, 0.4) is 0 Å². The highest BCUT2D eigenvalue weighted by molar-refractivity contribution is 7.10. The second-order valence-electron chi connectivity index (χ2n) is 6.50. The third kappa shape index (κ3) is 3.34. The molecule has 2 heterocycles. The van der Waals surface area contributed by atoms with Gasteiger partial charge in [0.15, 0.2) is 0 Å². The Bertz CT molecular complexity index is 471. The zero-order chi connectivity index (χ0) is 14.7. The van der Waals surface area contributed by atoms with E-state index in [-0.39, 0.29) is 17.8 Å². The van der Waals surface area contributed by atoms with Crippen LogP contribution in [0.4, 0.5) is 0 Å². The molecule has 2 aliphatic rings. The Morgan fingerprint density at radius 3 is 2.73 bits per heavy atom. The minimum atomic E-state index is -0.220. The molecule has 0 bridgehead atoms. The van der Waals surface area contributed by atoms with Crippen LogP contribution in [0.25, 0.3) is 0 Å². The van der Waals surface area contributed by atoms with Gasteiger partial charge in [0.2, 0.25) is 5.91 Å². The van der Waals surface area contributed by atoms with Gasteiger partial charge in [-0.25, -0.2) is 0 Å². The number of rotatable bonds is 3. The van der Waals surface area contributed by atoms with Crippen LogP contribution < -0.4 is 5.32 Å². The zero-order valence-corrected chi connectivity index (χ0v) is 15.0.